The van der Waals surface area contributed by atoms with E-state index in [-0.39, 0.29) is 12.3 Å². The molecule has 0 heterocycles. The van der Waals surface area contributed by atoms with Crippen molar-refractivity contribution in [1.29, 1.82) is 0 Å². The minimum absolute atomic E-state index is 0.175. The molecule has 0 aromatic heterocycles. The highest BCUT2D eigenvalue weighted by atomic mass is 16.5. The average Bonchev–Trinajstić information content (AvgIpc) is 2.52. The summed E-state index contributed by atoms with van der Waals surface area (Å²) in [5, 5.41) is 11.5. The summed E-state index contributed by atoms with van der Waals surface area (Å²) in [4.78, 5) is 23.1. The van der Waals surface area contributed by atoms with Crippen LogP contribution in [0.3, 0.4) is 0 Å². The lowest BCUT2D eigenvalue weighted by molar-refractivity contribution is -0.134. The molecule has 108 valence electrons. The lowest BCUT2D eigenvalue weighted by atomic mass is 10.0. The van der Waals surface area contributed by atoms with Gasteiger partial charge in [-0.2, -0.15) is 0 Å². The number of nitrogens with one attached hydrogen (secondary N) is 1. The summed E-state index contributed by atoms with van der Waals surface area (Å²) in [6, 6.07) is 13.6. The molecular weight excluding hydrogens is 270 g/mol. The maximum atomic E-state index is 12.5. The molecule has 0 aliphatic heterocycles. The molecule has 0 atom stereocenters. The molecule has 21 heavy (non-hydrogen) atoms. The van der Waals surface area contributed by atoms with Gasteiger partial charge in [0.1, 0.15) is 12.3 Å². The second-order valence-electron chi connectivity index (χ2n) is 4.35. The van der Waals surface area contributed by atoms with E-state index >= 15 is 0 Å². The van der Waals surface area contributed by atoms with Crippen molar-refractivity contribution in [1.82, 2.24) is 0 Å². The first-order valence-corrected chi connectivity index (χ1v) is 6.35. The third kappa shape index (κ3) is 3.60. The number of ether oxygens (including phenoxy) is 1. The fourth-order valence-electron chi connectivity index (χ4n) is 1.90. The summed E-state index contributed by atoms with van der Waals surface area (Å²) in [7, 11) is 1.56. The normalized spacial score (nSPS) is 9.95. The Hall–Kier alpha value is -2.82. The third-order valence-electron chi connectivity index (χ3n) is 2.95. The number of carboxylic acid groups (broad SMARTS) is 1. The van der Waals surface area contributed by atoms with Crippen molar-refractivity contribution in [3.63, 3.8) is 0 Å². The molecule has 0 radical (unpaired) electrons. The maximum Gasteiger partial charge on any atom is 0.322 e. The summed E-state index contributed by atoms with van der Waals surface area (Å²) in [5.74, 6) is -0.489. The molecule has 0 unspecified atom stereocenters. The van der Waals surface area contributed by atoms with E-state index < -0.39 is 5.97 Å². The highest BCUT2D eigenvalue weighted by molar-refractivity contribution is 6.12. The Morgan fingerprint density at radius 3 is 2.38 bits per heavy atom. The van der Waals surface area contributed by atoms with E-state index in [4.69, 9.17) is 9.84 Å². The number of methoxy groups -OCH3 is 1. The summed E-state index contributed by atoms with van der Waals surface area (Å²) < 4.78 is 5.05. The quantitative estimate of drug-likeness (QED) is 0.797. The number of anilines is 1. The number of para-hydroxylation sites is 1. The minimum atomic E-state index is -0.985. The molecule has 2 N–H and O–H groups in total. The van der Waals surface area contributed by atoms with Gasteiger partial charge < -0.3 is 15.2 Å². The lowest BCUT2D eigenvalue weighted by Gasteiger charge is -2.10. The Morgan fingerprint density at radius 2 is 1.76 bits per heavy atom. The van der Waals surface area contributed by atoms with E-state index in [9.17, 15) is 9.59 Å². The molecular formula is C16H15NO4. The van der Waals surface area contributed by atoms with Crippen LogP contribution in [0.5, 0.6) is 5.75 Å². The van der Waals surface area contributed by atoms with Gasteiger partial charge in [-0.05, 0) is 36.4 Å². The molecule has 5 nitrogen and oxygen atoms in total. The van der Waals surface area contributed by atoms with Gasteiger partial charge in [-0.1, -0.05) is 12.1 Å². The van der Waals surface area contributed by atoms with Crippen molar-refractivity contribution in [2.75, 3.05) is 19.0 Å². The molecule has 0 aliphatic carbocycles. The fourth-order valence-corrected chi connectivity index (χ4v) is 1.90. The van der Waals surface area contributed by atoms with Crippen LogP contribution in [0.15, 0.2) is 48.5 Å². The molecule has 2 aromatic carbocycles. The smallest absolute Gasteiger partial charge is 0.322 e. The zero-order chi connectivity index (χ0) is 15.2. The van der Waals surface area contributed by atoms with Gasteiger partial charge >= 0.3 is 5.97 Å². The third-order valence-corrected chi connectivity index (χ3v) is 2.95. The van der Waals surface area contributed by atoms with E-state index in [0.29, 0.717) is 22.6 Å². The van der Waals surface area contributed by atoms with E-state index in [1.807, 2.05) is 0 Å². The van der Waals surface area contributed by atoms with Gasteiger partial charge in [0, 0.05) is 16.8 Å². The van der Waals surface area contributed by atoms with Crippen molar-refractivity contribution in [3.8, 4) is 5.75 Å². The van der Waals surface area contributed by atoms with Gasteiger partial charge in [0.2, 0.25) is 0 Å². The van der Waals surface area contributed by atoms with Crippen molar-refractivity contribution >= 4 is 17.4 Å². The number of carbonyl (C=O) groups is 2. The average molecular weight is 285 g/mol. The molecule has 0 saturated carbocycles. The van der Waals surface area contributed by atoms with Crippen molar-refractivity contribution in [2.24, 2.45) is 0 Å². The van der Waals surface area contributed by atoms with Crippen LogP contribution < -0.4 is 10.1 Å². The first-order chi connectivity index (χ1) is 10.1. The molecule has 0 spiro atoms. The molecule has 0 saturated heterocycles. The van der Waals surface area contributed by atoms with Crippen LogP contribution in [0.1, 0.15) is 15.9 Å². The number of ketones is 1. The van der Waals surface area contributed by atoms with Crippen LogP contribution in [0.2, 0.25) is 0 Å². The second-order valence-corrected chi connectivity index (χ2v) is 4.35. The standard InChI is InChI=1S/C16H15NO4/c1-21-12-8-6-11(7-9-12)16(20)13-4-2-3-5-14(13)17-10-15(18)19/h2-9,17H,10H2,1H3,(H,18,19). The SMILES string of the molecule is COc1ccc(C(=O)c2ccccc2NCC(=O)O)cc1. The van der Waals surface area contributed by atoms with Gasteiger partial charge in [-0.25, -0.2) is 0 Å². The van der Waals surface area contributed by atoms with Gasteiger partial charge in [0.15, 0.2) is 5.78 Å². The van der Waals surface area contributed by atoms with Crippen LogP contribution >= 0.6 is 0 Å². The highest BCUT2D eigenvalue weighted by Gasteiger charge is 2.13. The first-order valence-electron chi connectivity index (χ1n) is 6.35. The number of hydrogen-bond donors (Lipinski definition) is 2. The van der Waals surface area contributed by atoms with Crippen molar-refractivity contribution in [2.45, 2.75) is 0 Å². The van der Waals surface area contributed by atoms with Gasteiger partial charge in [-0.15, -0.1) is 0 Å². The largest absolute Gasteiger partial charge is 0.497 e. The second kappa shape index (κ2) is 6.56. The Labute approximate surface area is 122 Å². The number of carboxylic acids is 1. The Bertz CT molecular complexity index is 650. The summed E-state index contributed by atoms with van der Waals surface area (Å²) in [6.07, 6.45) is 0. The van der Waals surface area contributed by atoms with Crippen LogP contribution in [0.4, 0.5) is 5.69 Å². The Morgan fingerprint density at radius 1 is 1.10 bits per heavy atom. The van der Waals surface area contributed by atoms with E-state index in [1.54, 1.807) is 55.6 Å². The topological polar surface area (TPSA) is 75.6 Å². The predicted molar refractivity (Wildman–Crippen MR) is 79.0 cm³/mol. The molecule has 2 aromatic rings. The molecule has 0 aliphatic rings. The van der Waals surface area contributed by atoms with E-state index in [2.05, 4.69) is 5.32 Å². The summed E-state index contributed by atoms with van der Waals surface area (Å²) in [5.41, 5.74) is 1.45. The maximum absolute atomic E-state index is 12.5. The zero-order valence-corrected chi connectivity index (χ0v) is 11.5. The molecule has 0 fully saturated rings. The summed E-state index contributed by atoms with van der Waals surface area (Å²) >= 11 is 0. The predicted octanol–water partition coefficient (Wildman–Crippen LogP) is 2.42. The number of carbonyl (C=O) groups excluding carboxylic acids is 1. The van der Waals surface area contributed by atoms with E-state index in [1.165, 1.54) is 0 Å². The number of aliphatic carboxylic acids is 1. The molecule has 0 amide bonds. The van der Waals surface area contributed by atoms with Gasteiger partial charge in [-0.3, -0.25) is 9.59 Å². The first kappa shape index (κ1) is 14.6. The van der Waals surface area contributed by atoms with Gasteiger partial charge in [0.25, 0.3) is 0 Å². The minimum Gasteiger partial charge on any atom is -0.497 e. The number of hydrogen-bond acceptors (Lipinski definition) is 4. The van der Waals surface area contributed by atoms with Crippen LogP contribution in [-0.2, 0) is 4.79 Å². The van der Waals surface area contributed by atoms with Crippen LogP contribution in [-0.4, -0.2) is 30.5 Å². The van der Waals surface area contributed by atoms with Crippen LogP contribution in [0.25, 0.3) is 0 Å². The summed E-state index contributed by atoms with van der Waals surface area (Å²) in [6.45, 7) is -0.243. The zero-order valence-electron chi connectivity index (χ0n) is 11.5. The Kier molecular flexibility index (Phi) is 4.56. The monoisotopic (exact) mass is 285 g/mol. The number of rotatable bonds is 6. The highest BCUT2D eigenvalue weighted by Crippen LogP contribution is 2.20. The molecule has 2 rings (SSSR count). The molecule has 0 bridgehead atoms. The number of benzene rings is 2. The van der Waals surface area contributed by atoms with Crippen molar-refractivity contribution in [3.05, 3.63) is 59.7 Å². The molecule has 5 heteroatoms. The lowest BCUT2D eigenvalue weighted by Crippen LogP contribution is -2.15. The Balaban J connectivity index is 2.27. The van der Waals surface area contributed by atoms with Crippen molar-refractivity contribution < 1.29 is 19.4 Å². The van der Waals surface area contributed by atoms with Crippen LogP contribution in [0, 0.1) is 0 Å². The van der Waals surface area contributed by atoms with E-state index in [0.717, 1.165) is 0 Å². The fraction of sp³-hybridized carbons (Fsp3) is 0.125. The van der Waals surface area contributed by atoms with Gasteiger partial charge in [0.05, 0.1) is 7.11 Å².